The van der Waals surface area contributed by atoms with Crippen LogP contribution in [0, 0.1) is 11.8 Å². The highest BCUT2D eigenvalue weighted by Crippen LogP contribution is 2.46. The summed E-state index contributed by atoms with van der Waals surface area (Å²) >= 11 is 1.41. The van der Waals surface area contributed by atoms with Gasteiger partial charge in [0.05, 0.1) is 128 Å². The molecule has 1 aliphatic carbocycles. The van der Waals surface area contributed by atoms with Crippen molar-refractivity contribution < 1.29 is 63.1 Å². The van der Waals surface area contributed by atoms with Crippen molar-refractivity contribution in [1.29, 1.82) is 0 Å². The molecule has 608 valence electrons. The number of thiophene rings is 1. The third-order valence-electron chi connectivity index (χ3n) is 20.9. The molecule has 4 N–H and O–H groups in total. The van der Waals surface area contributed by atoms with E-state index in [2.05, 4.69) is 19.9 Å². The summed E-state index contributed by atoms with van der Waals surface area (Å²) in [5.74, 6) is 6.06. The van der Waals surface area contributed by atoms with E-state index in [-0.39, 0.29) is 61.0 Å². The second kappa shape index (κ2) is 35.8. The number of allylic oxidation sites excluding steroid dienone is 2. The van der Waals surface area contributed by atoms with Gasteiger partial charge >= 0.3 is 0 Å². The molecule has 0 saturated heterocycles. The average molecular weight is 1630 g/mol. The van der Waals surface area contributed by atoms with E-state index in [1.165, 1.54) is 25.3 Å². The van der Waals surface area contributed by atoms with Crippen molar-refractivity contribution in [2.45, 2.75) is 46.1 Å². The molecule has 0 fully saturated rings. The summed E-state index contributed by atoms with van der Waals surface area (Å²) in [4.78, 5) is 68.0. The second-order valence-electron chi connectivity index (χ2n) is 27.7. The number of pyridine rings is 6. The molecular formula is C92H83N11O16S. The van der Waals surface area contributed by atoms with Gasteiger partial charge in [0.25, 0.3) is 16.7 Å². The molecule has 0 radical (unpaired) electrons. The van der Waals surface area contributed by atoms with Gasteiger partial charge in [-0.2, -0.15) is 19.6 Å². The lowest BCUT2D eigenvalue weighted by Gasteiger charge is -2.35. The van der Waals surface area contributed by atoms with Gasteiger partial charge in [-0.05, 0) is 209 Å². The molecule has 0 saturated carbocycles. The summed E-state index contributed by atoms with van der Waals surface area (Å²) < 4.78 is 55.3. The van der Waals surface area contributed by atoms with Gasteiger partial charge in [-0.3, -0.25) is 28.9 Å². The maximum Gasteiger partial charge on any atom is 0.281 e. The van der Waals surface area contributed by atoms with Crippen LogP contribution in [0.25, 0.3) is 116 Å². The van der Waals surface area contributed by atoms with E-state index in [1.54, 1.807) is 129 Å². The summed E-state index contributed by atoms with van der Waals surface area (Å²) in [6.45, 7) is 3.90. The SMILES string of the molecule is CCOc1cc2cc(CO)nc(-c3ccnc(-n4nc(-c5cc(OC)c(OC)c(OC)c5)c5sccc5c4=O)c3)c2cc1OCC.COC1=CC2C[C@@H](CO)N=C(c3ccnc(-n4nc(-c5cccnc5)c5ccccc5c4=O)c3)C2C=C1OC.COc1cc2cc(CO)c(CO)c(-c3ccnc(-n4ccc5ccccc5c4=O)c3)c2cc1OC. The first kappa shape index (κ1) is 81.1. The monoisotopic (exact) mass is 1630 g/mol. The van der Waals surface area contributed by atoms with Crippen molar-refractivity contribution in [2.75, 3.05) is 69.6 Å². The summed E-state index contributed by atoms with van der Waals surface area (Å²) in [5, 5.41) is 58.3. The minimum atomic E-state index is -0.320. The van der Waals surface area contributed by atoms with Gasteiger partial charge in [0.15, 0.2) is 57.7 Å². The molecule has 2 aliphatic rings. The van der Waals surface area contributed by atoms with E-state index in [1.807, 2.05) is 147 Å². The number of benzene rings is 6. The Hall–Kier alpha value is -14.0. The Balaban J connectivity index is 0.000000142. The van der Waals surface area contributed by atoms with Crippen LogP contribution in [-0.4, -0.2) is 151 Å². The zero-order valence-electron chi connectivity index (χ0n) is 66.9. The molecule has 17 rings (SSSR count). The van der Waals surface area contributed by atoms with Crippen LogP contribution < -0.4 is 49.8 Å². The predicted octanol–water partition coefficient (Wildman–Crippen LogP) is 14.0. The highest BCUT2D eigenvalue weighted by atomic mass is 32.1. The van der Waals surface area contributed by atoms with Crippen LogP contribution in [0.4, 0.5) is 0 Å². The second-order valence-corrected chi connectivity index (χ2v) is 28.6. The number of fused-ring (bicyclic) bond motifs is 6. The molecule has 2 unspecified atom stereocenters. The summed E-state index contributed by atoms with van der Waals surface area (Å²) in [5.41, 5.74) is 7.87. The molecule has 27 nitrogen and oxygen atoms in total. The minimum absolute atomic E-state index is 0.0676. The van der Waals surface area contributed by atoms with Crippen molar-refractivity contribution in [3.05, 3.63) is 277 Å². The fourth-order valence-electron chi connectivity index (χ4n) is 15.3. The zero-order chi connectivity index (χ0) is 83.8. The average Bonchev–Trinajstić information content (AvgIpc) is 1.56. The van der Waals surface area contributed by atoms with Gasteiger partial charge in [0, 0.05) is 81.5 Å². The van der Waals surface area contributed by atoms with Crippen LogP contribution in [0.3, 0.4) is 0 Å². The third-order valence-corrected chi connectivity index (χ3v) is 21.8. The van der Waals surface area contributed by atoms with Crippen LogP contribution in [0.2, 0.25) is 0 Å². The van der Waals surface area contributed by atoms with Gasteiger partial charge in [0.2, 0.25) is 5.75 Å². The normalized spacial score (nSPS) is 14.2. The number of hydrogen-bond donors (Lipinski definition) is 4. The smallest absolute Gasteiger partial charge is 0.281 e. The van der Waals surface area contributed by atoms with E-state index >= 15 is 0 Å². The molecule has 0 bridgehead atoms. The van der Waals surface area contributed by atoms with Crippen LogP contribution >= 0.6 is 11.3 Å². The number of methoxy groups -OCH3 is 7. The van der Waals surface area contributed by atoms with Crippen molar-refractivity contribution in [1.82, 2.24) is 49.0 Å². The Kier molecular flexibility index (Phi) is 24.2. The van der Waals surface area contributed by atoms with E-state index in [4.69, 9.17) is 62.8 Å². The van der Waals surface area contributed by atoms with Crippen LogP contribution in [-0.2, 0) is 29.3 Å². The zero-order valence-corrected chi connectivity index (χ0v) is 67.7. The number of rotatable bonds is 23. The lowest BCUT2D eigenvalue weighted by Crippen LogP contribution is -2.35. The van der Waals surface area contributed by atoms with E-state index in [0.29, 0.717) is 155 Å². The number of aliphatic hydroxyl groups excluding tert-OH is 4. The van der Waals surface area contributed by atoms with Crippen LogP contribution in [0.1, 0.15) is 42.7 Å². The Labute approximate surface area is 691 Å². The summed E-state index contributed by atoms with van der Waals surface area (Å²) in [6.07, 6.45) is 14.8. The highest BCUT2D eigenvalue weighted by molar-refractivity contribution is 7.17. The van der Waals surface area contributed by atoms with Crippen LogP contribution in [0.5, 0.6) is 40.2 Å². The summed E-state index contributed by atoms with van der Waals surface area (Å²) in [6, 6.07) is 47.5. The largest absolute Gasteiger partial charge is 0.493 e. The molecule has 9 aromatic heterocycles. The Morgan fingerprint density at radius 1 is 0.467 bits per heavy atom. The number of aromatic nitrogens is 10. The van der Waals surface area contributed by atoms with Crippen molar-refractivity contribution in [2.24, 2.45) is 16.8 Å². The molecule has 0 spiro atoms. The Morgan fingerprint density at radius 3 is 1.73 bits per heavy atom. The van der Waals surface area contributed by atoms with Crippen molar-refractivity contribution in [3.8, 4) is 103 Å². The topological polar surface area (TPSA) is 333 Å². The van der Waals surface area contributed by atoms with E-state index in [0.717, 1.165) is 60.3 Å². The minimum Gasteiger partial charge on any atom is -0.493 e. The predicted molar refractivity (Wildman–Crippen MR) is 460 cm³/mol. The Bertz CT molecular complexity index is 6680. The molecule has 6 aromatic carbocycles. The van der Waals surface area contributed by atoms with Gasteiger partial charge in [-0.15, -0.1) is 11.3 Å². The molecule has 10 heterocycles. The van der Waals surface area contributed by atoms with Crippen molar-refractivity contribution >= 4 is 70.2 Å². The maximum atomic E-state index is 13.8. The first-order valence-electron chi connectivity index (χ1n) is 38.4. The number of ether oxygens (including phenoxy) is 9. The number of aliphatic imine (C=N–C) groups is 1. The first-order valence-corrected chi connectivity index (χ1v) is 39.2. The molecule has 120 heavy (non-hydrogen) atoms. The highest BCUT2D eigenvalue weighted by Gasteiger charge is 2.37. The standard InChI is InChI=1S/C34H32N4O7S.C30H27N5O4.C28H24N2O5/c1-6-44-25-13-20-12-22(18-39)36-30(24(20)17-26(25)45-7-2)19-8-10-35-29(16-19)38-34(40)23-9-11-46-33(23)31(37-38)21-14-27(41-3)32(43-5)28(15-21)42-4;1-38-25-13-20-12-21(17-36)33-28(24(20)15-26(25)39-2)18-9-11-32-27(14-18)35-30(37)23-8-4-3-7-22(23)29(34-35)19-6-5-10-31-16-19;1-34-24-12-19-11-20(15-31)23(16-32)27(22(19)14-25(24)35-2)18-7-9-29-26(13-18)30-10-8-17-5-3-4-6-21(17)28(30)33/h8-17,39H,6-7,18H2,1-5H3;3-11,13-16,20-21,24,36H,12,17H2,1-2H3;3-14,31-32H,15-16H2,1-2H3/t;20?,21-,24?;/m.0./s1. The maximum absolute atomic E-state index is 13.8. The van der Waals surface area contributed by atoms with Crippen LogP contribution in [0.15, 0.2) is 243 Å². The van der Waals surface area contributed by atoms with E-state index < -0.39 is 0 Å². The Morgan fingerprint density at radius 2 is 1.07 bits per heavy atom. The fourth-order valence-corrected chi connectivity index (χ4v) is 16.2. The van der Waals surface area contributed by atoms with Crippen molar-refractivity contribution in [3.63, 3.8) is 0 Å². The molecule has 0 amide bonds. The molecular weight excluding hydrogens is 1550 g/mol. The van der Waals surface area contributed by atoms with Gasteiger partial charge in [0.1, 0.15) is 17.2 Å². The molecule has 1 aliphatic heterocycles. The quantitative estimate of drug-likeness (QED) is 0.0462. The van der Waals surface area contributed by atoms with Gasteiger partial charge < -0.3 is 63.1 Å². The fraction of sp³-hybridized carbons (Fsp3) is 0.207. The molecule has 28 heteroatoms. The molecule has 15 aromatic rings. The summed E-state index contributed by atoms with van der Waals surface area (Å²) in [7, 11) is 11.0. The third kappa shape index (κ3) is 15.7. The number of nitrogens with zero attached hydrogens (tertiary/aromatic N) is 11. The lowest BCUT2D eigenvalue weighted by molar-refractivity contribution is 0.201. The van der Waals surface area contributed by atoms with E-state index in [9.17, 15) is 34.8 Å². The van der Waals surface area contributed by atoms with Gasteiger partial charge in [-0.1, -0.05) is 36.4 Å². The first-order chi connectivity index (χ1) is 58.6. The molecule has 3 atom stereocenters. The lowest BCUT2D eigenvalue weighted by atomic mass is 9.76. The number of aliphatic hydroxyl groups is 4. The number of hydrogen-bond acceptors (Lipinski definition) is 25. The van der Waals surface area contributed by atoms with Gasteiger partial charge in [-0.25, -0.2) is 19.9 Å².